The van der Waals surface area contributed by atoms with Gasteiger partial charge in [-0.1, -0.05) is 24.3 Å². The van der Waals surface area contributed by atoms with Gasteiger partial charge in [0, 0.05) is 25.7 Å². The fourth-order valence-electron chi connectivity index (χ4n) is 2.91. The van der Waals surface area contributed by atoms with E-state index in [1.165, 1.54) is 24.0 Å². The van der Waals surface area contributed by atoms with Crippen molar-refractivity contribution in [2.45, 2.75) is 18.8 Å². The number of anilines is 1. The Balaban J connectivity index is 2.01. The smallest absolute Gasteiger partial charge is 0.128 e. The van der Waals surface area contributed by atoms with E-state index in [4.69, 9.17) is 4.98 Å². The lowest BCUT2D eigenvalue weighted by Gasteiger charge is -2.11. The standard InChI is InChI=1S/C17H18N4/c1-18-15-9-14-17(19-10-21(14)2)16(20-15)13-6-4-3-5-12(13)11-7-8-11/h3-6,9-11H,7-8H2,1-2H3,(H,18,20). The van der Waals surface area contributed by atoms with Crippen LogP contribution < -0.4 is 5.32 Å². The number of hydrogen-bond acceptors (Lipinski definition) is 3. The molecule has 4 nitrogen and oxygen atoms in total. The van der Waals surface area contributed by atoms with Crippen LogP contribution in [0.2, 0.25) is 0 Å². The molecule has 4 rings (SSSR count). The Morgan fingerprint density at radius 2 is 2.05 bits per heavy atom. The minimum Gasteiger partial charge on any atom is -0.373 e. The van der Waals surface area contributed by atoms with Crippen LogP contribution >= 0.6 is 0 Å². The first-order chi connectivity index (χ1) is 10.3. The van der Waals surface area contributed by atoms with Gasteiger partial charge < -0.3 is 9.88 Å². The van der Waals surface area contributed by atoms with Crippen LogP contribution in [0.15, 0.2) is 36.7 Å². The van der Waals surface area contributed by atoms with E-state index in [2.05, 4.69) is 34.6 Å². The van der Waals surface area contributed by atoms with Crippen molar-refractivity contribution in [3.05, 3.63) is 42.2 Å². The van der Waals surface area contributed by atoms with Crippen LogP contribution in [0, 0.1) is 0 Å². The van der Waals surface area contributed by atoms with Gasteiger partial charge in [-0.3, -0.25) is 0 Å². The number of aryl methyl sites for hydroxylation is 1. The summed E-state index contributed by atoms with van der Waals surface area (Å²) in [7, 11) is 3.92. The van der Waals surface area contributed by atoms with Gasteiger partial charge in [0.05, 0.1) is 11.8 Å². The topological polar surface area (TPSA) is 42.7 Å². The summed E-state index contributed by atoms with van der Waals surface area (Å²) in [6.07, 6.45) is 4.43. The maximum atomic E-state index is 4.79. The summed E-state index contributed by atoms with van der Waals surface area (Å²) in [6.45, 7) is 0. The normalized spacial score (nSPS) is 14.6. The Bertz CT molecular complexity index is 815. The third-order valence-electron chi connectivity index (χ3n) is 4.20. The lowest BCUT2D eigenvalue weighted by molar-refractivity contribution is 0.947. The molecule has 0 amide bonds. The molecule has 0 aliphatic heterocycles. The SMILES string of the molecule is CNc1cc2c(ncn2C)c(-c2ccccc2C2CC2)n1. The molecule has 0 bridgehead atoms. The lowest BCUT2D eigenvalue weighted by atomic mass is 9.99. The molecule has 106 valence electrons. The second kappa shape index (κ2) is 4.58. The van der Waals surface area contributed by atoms with E-state index < -0.39 is 0 Å². The number of aromatic nitrogens is 3. The zero-order valence-electron chi connectivity index (χ0n) is 12.3. The number of nitrogens with zero attached hydrogens (tertiary/aromatic N) is 3. The quantitative estimate of drug-likeness (QED) is 0.796. The molecule has 0 spiro atoms. The van der Waals surface area contributed by atoms with Crippen molar-refractivity contribution in [3.63, 3.8) is 0 Å². The summed E-state index contributed by atoms with van der Waals surface area (Å²) >= 11 is 0. The highest BCUT2D eigenvalue weighted by Crippen LogP contribution is 2.45. The number of pyridine rings is 1. The van der Waals surface area contributed by atoms with Gasteiger partial charge in [0.25, 0.3) is 0 Å². The molecular weight excluding hydrogens is 260 g/mol. The van der Waals surface area contributed by atoms with Crippen LogP contribution in [0.4, 0.5) is 5.82 Å². The van der Waals surface area contributed by atoms with Gasteiger partial charge in [-0.05, 0) is 24.3 Å². The Hall–Kier alpha value is -2.36. The van der Waals surface area contributed by atoms with E-state index in [9.17, 15) is 0 Å². The number of benzene rings is 1. The molecule has 1 aromatic carbocycles. The van der Waals surface area contributed by atoms with Crippen molar-refractivity contribution in [2.24, 2.45) is 7.05 Å². The Morgan fingerprint density at radius 1 is 1.24 bits per heavy atom. The highest BCUT2D eigenvalue weighted by Gasteiger charge is 2.27. The van der Waals surface area contributed by atoms with Crippen molar-refractivity contribution >= 4 is 16.9 Å². The average Bonchev–Trinajstić information content (AvgIpc) is 3.31. The van der Waals surface area contributed by atoms with Gasteiger partial charge in [-0.25, -0.2) is 9.97 Å². The van der Waals surface area contributed by atoms with Crippen LogP contribution in [0.5, 0.6) is 0 Å². The average molecular weight is 278 g/mol. The first kappa shape index (κ1) is 12.4. The second-order valence-electron chi connectivity index (χ2n) is 5.69. The zero-order valence-corrected chi connectivity index (χ0v) is 12.3. The van der Waals surface area contributed by atoms with E-state index in [0.29, 0.717) is 5.92 Å². The molecule has 21 heavy (non-hydrogen) atoms. The van der Waals surface area contributed by atoms with Crippen LogP contribution in [0.25, 0.3) is 22.3 Å². The van der Waals surface area contributed by atoms with Crippen molar-refractivity contribution < 1.29 is 0 Å². The molecule has 3 aromatic rings. The van der Waals surface area contributed by atoms with Crippen molar-refractivity contribution in [1.82, 2.24) is 14.5 Å². The maximum Gasteiger partial charge on any atom is 0.128 e. The number of nitrogens with one attached hydrogen (secondary N) is 1. The summed E-state index contributed by atoms with van der Waals surface area (Å²) in [5, 5.41) is 3.16. The lowest BCUT2D eigenvalue weighted by Crippen LogP contribution is -1.98. The number of hydrogen-bond donors (Lipinski definition) is 1. The Kier molecular flexibility index (Phi) is 2.70. The first-order valence-corrected chi connectivity index (χ1v) is 7.37. The fraction of sp³-hybridized carbons (Fsp3) is 0.294. The molecule has 1 aliphatic rings. The van der Waals surface area contributed by atoms with Gasteiger partial charge in [0.2, 0.25) is 0 Å². The Morgan fingerprint density at radius 3 is 2.81 bits per heavy atom. The molecule has 0 radical (unpaired) electrons. The summed E-state index contributed by atoms with van der Waals surface area (Å²) in [5.74, 6) is 1.58. The predicted octanol–water partition coefficient (Wildman–Crippen LogP) is 3.55. The van der Waals surface area contributed by atoms with Crippen LogP contribution in [0.1, 0.15) is 24.3 Å². The summed E-state index contributed by atoms with van der Waals surface area (Å²) < 4.78 is 2.04. The third-order valence-corrected chi connectivity index (χ3v) is 4.20. The first-order valence-electron chi connectivity index (χ1n) is 7.37. The zero-order chi connectivity index (χ0) is 14.4. The number of imidazole rings is 1. The molecule has 0 atom stereocenters. The van der Waals surface area contributed by atoms with Gasteiger partial charge in [-0.2, -0.15) is 0 Å². The van der Waals surface area contributed by atoms with Gasteiger partial charge in [-0.15, -0.1) is 0 Å². The monoisotopic (exact) mass is 278 g/mol. The highest BCUT2D eigenvalue weighted by atomic mass is 15.0. The van der Waals surface area contributed by atoms with Crippen LogP contribution in [0.3, 0.4) is 0 Å². The number of rotatable bonds is 3. The Labute approximate surface area is 123 Å². The molecule has 4 heteroatoms. The van der Waals surface area contributed by atoms with E-state index in [1.54, 1.807) is 0 Å². The summed E-state index contributed by atoms with van der Waals surface area (Å²) in [5.41, 5.74) is 5.70. The van der Waals surface area contributed by atoms with E-state index in [0.717, 1.165) is 22.5 Å². The molecule has 1 aliphatic carbocycles. The van der Waals surface area contributed by atoms with Gasteiger partial charge in [0.1, 0.15) is 17.0 Å². The summed E-state index contributed by atoms with van der Waals surface area (Å²) in [4.78, 5) is 9.35. The number of fused-ring (bicyclic) bond motifs is 1. The van der Waals surface area contributed by atoms with Crippen molar-refractivity contribution in [3.8, 4) is 11.3 Å². The van der Waals surface area contributed by atoms with E-state index in [1.807, 2.05) is 31.1 Å². The molecule has 2 aromatic heterocycles. The fourth-order valence-corrected chi connectivity index (χ4v) is 2.91. The predicted molar refractivity (Wildman–Crippen MR) is 85.5 cm³/mol. The molecule has 0 unspecified atom stereocenters. The van der Waals surface area contributed by atoms with Crippen LogP contribution in [-0.4, -0.2) is 21.6 Å². The van der Waals surface area contributed by atoms with Crippen molar-refractivity contribution in [1.29, 1.82) is 0 Å². The minimum atomic E-state index is 0.694. The maximum absolute atomic E-state index is 4.79. The van der Waals surface area contributed by atoms with Crippen LogP contribution in [-0.2, 0) is 7.05 Å². The highest BCUT2D eigenvalue weighted by molar-refractivity contribution is 5.92. The third kappa shape index (κ3) is 1.98. The molecule has 1 N–H and O–H groups in total. The second-order valence-corrected chi connectivity index (χ2v) is 5.69. The summed E-state index contributed by atoms with van der Waals surface area (Å²) in [6, 6.07) is 10.7. The molecule has 1 saturated carbocycles. The van der Waals surface area contributed by atoms with Gasteiger partial charge in [0.15, 0.2) is 0 Å². The van der Waals surface area contributed by atoms with E-state index in [-0.39, 0.29) is 0 Å². The largest absolute Gasteiger partial charge is 0.373 e. The minimum absolute atomic E-state index is 0.694. The van der Waals surface area contributed by atoms with Crippen molar-refractivity contribution in [2.75, 3.05) is 12.4 Å². The molecule has 2 heterocycles. The molecular formula is C17H18N4. The molecule has 0 saturated heterocycles. The van der Waals surface area contributed by atoms with E-state index >= 15 is 0 Å². The van der Waals surface area contributed by atoms with Gasteiger partial charge >= 0.3 is 0 Å². The molecule has 1 fully saturated rings.